The van der Waals surface area contributed by atoms with E-state index in [2.05, 4.69) is 10.6 Å². The van der Waals surface area contributed by atoms with Crippen molar-refractivity contribution < 1.29 is 19.5 Å². The summed E-state index contributed by atoms with van der Waals surface area (Å²) in [4.78, 5) is 37.3. The molecule has 6 heteroatoms. The van der Waals surface area contributed by atoms with Gasteiger partial charge in [-0.25, -0.2) is 4.79 Å². The Morgan fingerprint density at radius 1 is 0.960 bits per heavy atom. The molecule has 0 unspecified atom stereocenters. The third-order valence-electron chi connectivity index (χ3n) is 5.27. The van der Waals surface area contributed by atoms with E-state index >= 15 is 0 Å². The lowest BCUT2D eigenvalue weighted by atomic mass is 9.65. The summed E-state index contributed by atoms with van der Waals surface area (Å²) in [5.41, 5.74) is 2.18. The van der Waals surface area contributed by atoms with E-state index in [-0.39, 0.29) is 23.5 Å². The molecule has 2 amide bonds. The highest BCUT2D eigenvalue weighted by Crippen LogP contribution is 2.55. The van der Waals surface area contributed by atoms with Gasteiger partial charge in [-0.05, 0) is 23.3 Å². The molecule has 2 heterocycles. The van der Waals surface area contributed by atoms with Gasteiger partial charge in [0.05, 0.1) is 11.1 Å². The van der Waals surface area contributed by atoms with Gasteiger partial charge in [-0.1, -0.05) is 30.3 Å². The largest absolute Gasteiger partial charge is 0.478 e. The summed E-state index contributed by atoms with van der Waals surface area (Å²) < 4.78 is 0. The number of carbonyl (C=O) groups is 3. The molecule has 0 saturated carbocycles. The first-order chi connectivity index (χ1) is 12.0. The predicted molar refractivity (Wildman–Crippen MR) is 90.1 cm³/mol. The van der Waals surface area contributed by atoms with Crippen LogP contribution in [0.2, 0.25) is 0 Å². The van der Waals surface area contributed by atoms with Crippen LogP contribution in [0.25, 0.3) is 5.57 Å². The number of fused-ring (bicyclic) bond motifs is 3. The van der Waals surface area contributed by atoms with Crippen LogP contribution in [-0.4, -0.2) is 22.9 Å². The molecule has 1 aliphatic carbocycles. The molecule has 0 radical (unpaired) electrons. The molecular weight excluding hydrogens is 320 g/mol. The highest BCUT2D eigenvalue weighted by Gasteiger charge is 2.55. The summed E-state index contributed by atoms with van der Waals surface area (Å²) in [7, 11) is 0. The van der Waals surface area contributed by atoms with Crippen LogP contribution in [0, 0.1) is 0 Å². The maximum atomic E-state index is 13.0. The van der Waals surface area contributed by atoms with Crippen molar-refractivity contribution in [2.75, 3.05) is 10.6 Å². The Balaban J connectivity index is 1.92. The Morgan fingerprint density at radius 3 is 2.48 bits per heavy atom. The minimum absolute atomic E-state index is 0.0261. The minimum atomic E-state index is -1.18. The number of rotatable bonds is 1. The van der Waals surface area contributed by atoms with E-state index in [4.69, 9.17) is 0 Å². The SMILES string of the molecule is O=C(O)C1=C2C(=O)Nc3cccc(c32)[C@]2(C1)C(=O)Nc1ccccc12. The zero-order chi connectivity index (χ0) is 17.3. The van der Waals surface area contributed by atoms with Gasteiger partial charge in [-0.3, -0.25) is 9.59 Å². The molecule has 3 aliphatic rings. The molecule has 2 aliphatic heterocycles. The van der Waals surface area contributed by atoms with E-state index in [1.165, 1.54) is 0 Å². The average Bonchev–Trinajstić information content (AvgIpc) is 3.07. The van der Waals surface area contributed by atoms with Crippen molar-refractivity contribution in [3.8, 4) is 0 Å². The molecular formula is C19H12N2O4. The highest BCUT2D eigenvalue weighted by molar-refractivity contribution is 6.36. The minimum Gasteiger partial charge on any atom is -0.478 e. The maximum Gasteiger partial charge on any atom is 0.332 e. The number of para-hydroxylation sites is 1. The lowest BCUT2D eigenvalue weighted by Crippen LogP contribution is -2.40. The highest BCUT2D eigenvalue weighted by atomic mass is 16.4. The molecule has 25 heavy (non-hydrogen) atoms. The second-order valence-electron chi connectivity index (χ2n) is 6.42. The van der Waals surface area contributed by atoms with Crippen LogP contribution in [0.1, 0.15) is 23.1 Å². The second kappa shape index (κ2) is 4.36. The van der Waals surface area contributed by atoms with Gasteiger partial charge >= 0.3 is 5.97 Å². The van der Waals surface area contributed by atoms with Gasteiger partial charge in [0.25, 0.3) is 5.91 Å². The average molecular weight is 332 g/mol. The molecule has 122 valence electrons. The lowest BCUT2D eigenvalue weighted by Gasteiger charge is -2.34. The van der Waals surface area contributed by atoms with Crippen molar-refractivity contribution in [1.82, 2.24) is 0 Å². The molecule has 0 fully saturated rings. The van der Waals surface area contributed by atoms with Crippen molar-refractivity contribution in [3.05, 3.63) is 64.7 Å². The molecule has 5 rings (SSSR count). The summed E-state index contributed by atoms with van der Waals surface area (Å²) >= 11 is 0. The van der Waals surface area contributed by atoms with Crippen LogP contribution in [0.3, 0.4) is 0 Å². The Hall–Kier alpha value is -3.41. The molecule has 0 saturated heterocycles. The van der Waals surface area contributed by atoms with Gasteiger partial charge in [0, 0.05) is 23.4 Å². The number of nitrogens with one attached hydrogen (secondary N) is 2. The summed E-state index contributed by atoms with van der Waals surface area (Å²) in [6.45, 7) is 0. The number of carboxylic acid groups (broad SMARTS) is 1. The van der Waals surface area contributed by atoms with Crippen LogP contribution in [0.5, 0.6) is 0 Å². The topological polar surface area (TPSA) is 95.5 Å². The van der Waals surface area contributed by atoms with Gasteiger partial charge in [0.1, 0.15) is 5.41 Å². The maximum absolute atomic E-state index is 13.0. The number of amides is 2. The molecule has 6 nitrogen and oxygen atoms in total. The monoisotopic (exact) mass is 332 g/mol. The molecule has 1 spiro atoms. The van der Waals surface area contributed by atoms with Crippen molar-refractivity contribution >= 4 is 34.7 Å². The second-order valence-corrected chi connectivity index (χ2v) is 6.42. The van der Waals surface area contributed by atoms with Crippen LogP contribution < -0.4 is 10.6 Å². The van der Waals surface area contributed by atoms with Crippen LogP contribution in [-0.2, 0) is 19.8 Å². The van der Waals surface area contributed by atoms with Crippen molar-refractivity contribution in [2.24, 2.45) is 0 Å². The predicted octanol–water partition coefficient (Wildman–Crippen LogP) is 2.12. The van der Waals surface area contributed by atoms with Gasteiger partial charge in [0.2, 0.25) is 5.91 Å². The first kappa shape index (κ1) is 14.0. The van der Waals surface area contributed by atoms with Gasteiger partial charge in [-0.15, -0.1) is 0 Å². The van der Waals surface area contributed by atoms with E-state index in [0.717, 1.165) is 5.56 Å². The fraction of sp³-hybridized carbons (Fsp3) is 0.105. The number of carbonyl (C=O) groups excluding carboxylic acids is 2. The van der Waals surface area contributed by atoms with E-state index in [9.17, 15) is 19.5 Å². The van der Waals surface area contributed by atoms with Crippen LogP contribution >= 0.6 is 0 Å². The number of carboxylic acids is 1. The van der Waals surface area contributed by atoms with Crippen molar-refractivity contribution in [3.63, 3.8) is 0 Å². The molecule has 3 N–H and O–H groups in total. The Bertz CT molecular complexity index is 1050. The number of benzene rings is 2. The number of hydrogen-bond acceptors (Lipinski definition) is 3. The lowest BCUT2D eigenvalue weighted by molar-refractivity contribution is -0.133. The molecule has 2 aromatic rings. The standard InChI is InChI=1S/C19H12N2O4/c22-16-14-9(17(23)24)8-19(11-5-3-7-13(20-16)15(11)14)10-4-1-2-6-12(10)21-18(19)25/h1-7H,8H2,(H,20,22)(H,21,25)(H,23,24)/t19-/m1/s1. The number of hydrogen-bond donors (Lipinski definition) is 3. The smallest absolute Gasteiger partial charge is 0.332 e. The fourth-order valence-electron chi connectivity index (χ4n) is 4.26. The molecule has 2 aromatic carbocycles. The first-order valence-corrected chi connectivity index (χ1v) is 7.86. The first-order valence-electron chi connectivity index (χ1n) is 7.86. The summed E-state index contributed by atoms with van der Waals surface area (Å²) in [6, 6.07) is 12.6. The number of aliphatic carboxylic acids is 1. The Labute approximate surface area is 142 Å². The Kier molecular flexibility index (Phi) is 2.44. The van der Waals surface area contributed by atoms with Gasteiger partial charge in [-0.2, -0.15) is 0 Å². The van der Waals surface area contributed by atoms with E-state index < -0.39 is 17.3 Å². The normalized spacial score (nSPS) is 22.6. The number of anilines is 2. The fourth-order valence-corrected chi connectivity index (χ4v) is 4.26. The van der Waals surface area contributed by atoms with Crippen molar-refractivity contribution in [2.45, 2.75) is 11.8 Å². The van der Waals surface area contributed by atoms with Crippen LogP contribution in [0.15, 0.2) is 48.0 Å². The van der Waals surface area contributed by atoms with Gasteiger partial charge < -0.3 is 15.7 Å². The molecule has 0 bridgehead atoms. The van der Waals surface area contributed by atoms with E-state index in [1.54, 1.807) is 24.3 Å². The Morgan fingerprint density at radius 2 is 1.68 bits per heavy atom. The quantitative estimate of drug-likeness (QED) is 0.745. The van der Waals surface area contributed by atoms with Crippen LogP contribution in [0.4, 0.5) is 11.4 Å². The molecule has 1 atom stereocenters. The van der Waals surface area contributed by atoms with E-state index in [0.29, 0.717) is 22.5 Å². The summed E-state index contributed by atoms with van der Waals surface area (Å²) in [5, 5.41) is 15.3. The van der Waals surface area contributed by atoms with E-state index in [1.807, 2.05) is 18.2 Å². The van der Waals surface area contributed by atoms with Crippen molar-refractivity contribution in [1.29, 1.82) is 0 Å². The third-order valence-corrected chi connectivity index (χ3v) is 5.27. The summed E-state index contributed by atoms with van der Waals surface area (Å²) in [6.07, 6.45) is -0.0512. The molecule has 0 aromatic heterocycles. The zero-order valence-electron chi connectivity index (χ0n) is 12.9. The third kappa shape index (κ3) is 1.51. The summed E-state index contributed by atoms with van der Waals surface area (Å²) in [5.74, 6) is -1.87. The zero-order valence-corrected chi connectivity index (χ0v) is 12.9. The van der Waals surface area contributed by atoms with Gasteiger partial charge in [0.15, 0.2) is 0 Å².